The number of pyridine rings is 1. The van der Waals surface area contributed by atoms with E-state index in [0.29, 0.717) is 5.56 Å². The molecule has 0 N–H and O–H groups in total. The highest BCUT2D eigenvalue weighted by molar-refractivity contribution is 5.92. The van der Waals surface area contributed by atoms with Gasteiger partial charge in [-0.2, -0.15) is 4.57 Å². The molecule has 0 radical (unpaired) electrons. The molecule has 3 heteroatoms. The quantitative estimate of drug-likeness (QED) is 0.570. The summed E-state index contributed by atoms with van der Waals surface area (Å²) in [5.41, 5.74) is 1.59. The van der Waals surface area contributed by atoms with E-state index in [1.54, 1.807) is 0 Å². The van der Waals surface area contributed by atoms with E-state index < -0.39 is 0 Å². The lowest BCUT2D eigenvalue weighted by Gasteiger charge is -2.16. The number of benzene rings is 1. The highest BCUT2D eigenvalue weighted by Crippen LogP contribution is 2.16. The third-order valence-corrected chi connectivity index (χ3v) is 2.92. The monoisotopic (exact) mass is 244 g/mol. The van der Waals surface area contributed by atoms with Crippen LogP contribution in [0, 0.1) is 0 Å². The Bertz CT molecular complexity index is 597. The van der Waals surface area contributed by atoms with Crippen LogP contribution in [0.25, 0.3) is 10.9 Å². The first-order valence-electron chi connectivity index (χ1n) is 5.97. The normalized spacial score (nSPS) is 11.6. The van der Waals surface area contributed by atoms with Gasteiger partial charge in [-0.1, -0.05) is 12.1 Å². The first-order valence-corrected chi connectivity index (χ1v) is 5.97. The first kappa shape index (κ1) is 12.6. The standard InChI is InChI=1S/C15H18NO2/c1-15(2,3)16-10-12(14(17)18-4)9-11-7-5-6-8-13(11)16/h5-10H,1-4H3/q+1. The van der Waals surface area contributed by atoms with Crippen molar-refractivity contribution in [1.82, 2.24) is 0 Å². The molecule has 0 bridgehead atoms. The van der Waals surface area contributed by atoms with Gasteiger partial charge >= 0.3 is 5.97 Å². The highest BCUT2D eigenvalue weighted by atomic mass is 16.5. The van der Waals surface area contributed by atoms with Crippen LogP contribution in [-0.2, 0) is 10.3 Å². The second-order valence-corrected chi connectivity index (χ2v) is 5.32. The molecule has 2 aromatic rings. The molecule has 3 nitrogen and oxygen atoms in total. The minimum Gasteiger partial charge on any atom is -0.465 e. The minimum absolute atomic E-state index is 0.0936. The fourth-order valence-corrected chi connectivity index (χ4v) is 2.03. The van der Waals surface area contributed by atoms with E-state index >= 15 is 0 Å². The number of carbonyl (C=O) groups is 1. The van der Waals surface area contributed by atoms with Gasteiger partial charge in [-0.15, -0.1) is 0 Å². The summed E-state index contributed by atoms with van der Waals surface area (Å²) in [6.45, 7) is 6.33. The van der Waals surface area contributed by atoms with Crippen molar-refractivity contribution in [2.24, 2.45) is 0 Å². The Morgan fingerprint density at radius 3 is 2.50 bits per heavy atom. The third-order valence-electron chi connectivity index (χ3n) is 2.92. The van der Waals surface area contributed by atoms with E-state index in [0.717, 1.165) is 10.9 Å². The van der Waals surface area contributed by atoms with Gasteiger partial charge in [0.1, 0.15) is 5.56 Å². The number of para-hydroxylation sites is 1. The molecule has 0 atom stereocenters. The maximum Gasteiger partial charge on any atom is 0.343 e. The topological polar surface area (TPSA) is 30.2 Å². The number of nitrogens with zero attached hydrogens (tertiary/aromatic N) is 1. The zero-order chi connectivity index (χ0) is 13.3. The number of aromatic nitrogens is 1. The van der Waals surface area contributed by atoms with E-state index in [9.17, 15) is 4.79 Å². The van der Waals surface area contributed by atoms with Gasteiger partial charge < -0.3 is 4.74 Å². The van der Waals surface area contributed by atoms with Gasteiger partial charge in [0.25, 0.3) is 0 Å². The summed E-state index contributed by atoms with van der Waals surface area (Å²) in [4.78, 5) is 11.7. The molecular formula is C15H18NO2+. The average molecular weight is 244 g/mol. The molecule has 1 heterocycles. The Hall–Kier alpha value is -1.90. The zero-order valence-corrected chi connectivity index (χ0v) is 11.2. The van der Waals surface area contributed by atoms with Crippen molar-refractivity contribution in [3.63, 3.8) is 0 Å². The van der Waals surface area contributed by atoms with Gasteiger partial charge in [-0.05, 0) is 12.1 Å². The molecule has 0 amide bonds. The Balaban J connectivity index is 2.77. The number of fused-ring (bicyclic) bond motifs is 1. The van der Waals surface area contributed by atoms with Crippen LogP contribution in [0.1, 0.15) is 31.1 Å². The van der Waals surface area contributed by atoms with Crippen molar-refractivity contribution in [2.45, 2.75) is 26.3 Å². The van der Waals surface area contributed by atoms with Gasteiger partial charge in [-0.25, -0.2) is 4.79 Å². The summed E-state index contributed by atoms with van der Waals surface area (Å²) in [5, 5.41) is 1.04. The van der Waals surface area contributed by atoms with Crippen molar-refractivity contribution in [2.75, 3.05) is 7.11 Å². The molecule has 0 aliphatic carbocycles. The largest absolute Gasteiger partial charge is 0.465 e. The molecular weight excluding hydrogens is 226 g/mol. The van der Waals surface area contributed by atoms with E-state index in [2.05, 4.69) is 31.4 Å². The number of methoxy groups -OCH3 is 1. The smallest absolute Gasteiger partial charge is 0.343 e. The van der Waals surface area contributed by atoms with Crippen molar-refractivity contribution >= 4 is 16.9 Å². The highest BCUT2D eigenvalue weighted by Gasteiger charge is 2.26. The molecule has 0 saturated heterocycles. The predicted octanol–water partition coefficient (Wildman–Crippen LogP) is 2.67. The van der Waals surface area contributed by atoms with Crippen molar-refractivity contribution in [3.05, 3.63) is 42.1 Å². The lowest BCUT2D eigenvalue weighted by atomic mass is 10.0. The molecule has 0 aliphatic rings. The summed E-state index contributed by atoms with van der Waals surface area (Å²) in [7, 11) is 1.40. The van der Waals surface area contributed by atoms with E-state index in [1.165, 1.54) is 7.11 Å². The number of carbonyl (C=O) groups excluding carboxylic acids is 1. The maximum atomic E-state index is 11.7. The van der Waals surface area contributed by atoms with Crippen LogP contribution in [0.15, 0.2) is 36.5 Å². The van der Waals surface area contributed by atoms with Crippen LogP contribution in [0.5, 0.6) is 0 Å². The second-order valence-electron chi connectivity index (χ2n) is 5.32. The Morgan fingerprint density at radius 2 is 1.89 bits per heavy atom. The fourth-order valence-electron chi connectivity index (χ4n) is 2.03. The van der Waals surface area contributed by atoms with E-state index in [-0.39, 0.29) is 11.5 Å². The minimum atomic E-state index is -0.307. The van der Waals surface area contributed by atoms with Crippen LogP contribution in [0.3, 0.4) is 0 Å². The van der Waals surface area contributed by atoms with Crippen LogP contribution < -0.4 is 4.57 Å². The van der Waals surface area contributed by atoms with Crippen molar-refractivity contribution in [1.29, 1.82) is 0 Å². The summed E-state index contributed by atoms with van der Waals surface area (Å²) in [5.74, 6) is -0.307. The number of hydrogen-bond donors (Lipinski definition) is 0. The Kier molecular flexibility index (Phi) is 3.07. The van der Waals surface area contributed by atoms with Crippen molar-refractivity contribution in [3.8, 4) is 0 Å². The molecule has 1 aromatic carbocycles. The molecule has 2 rings (SSSR count). The molecule has 1 aromatic heterocycles. The van der Waals surface area contributed by atoms with Gasteiger partial charge in [0.2, 0.25) is 5.52 Å². The third kappa shape index (κ3) is 2.21. The first-order chi connectivity index (χ1) is 8.43. The van der Waals surface area contributed by atoms with Crippen LogP contribution in [0.4, 0.5) is 0 Å². The molecule has 0 spiro atoms. The van der Waals surface area contributed by atoms with Crippen LogP contribution in [0.2, 0.25) is 0 Å². The molecule has 0 aliphatic heterocycles. The summed E-state index contributed by atoms with van der Waals surface area (Å²) in [6, 6.07) is 9.90. The number of ether oxygens (including phenoxy) is 1. The molecule has 94 valence electrons. The lowest BCUT2D eigenvalue weighted by Crippen LogP contribution is -2.51. The average Bonchev–Trinajstić information content (AvgIpc) is 2.35. The Labute approximate surface area is 107 Å². The second kappa shape index (κ2) is 4.41. The van der Waals surface area contributed by atoms with Gasteiger partial charge in [0.15, 0.2) is 11.7 Å². The zero-order valence-electron chi connectivity index (χ0n) is 11.2. The van der Waals surface area contributed by atoms with Gasteiger partial charge in [0.05, 0.1) is 7.11 Å². The SMILES string of the molecule is COC(=O)c1cc2ccccc2[n+](C(C)(C)C)c1. The molecule has 0 saturated carbocycles. The number of esters is 1. The number of hydrogen-bond acceptors (Lipinski definition) is 2. The van der Waals surface area contributed by atoms with E-state index in [4.69, 9.17) is 4.74 Å². The molecule has 0 unspecified atom stereocenters. The van der Waals surface area contributed by atoms with E-state index in [1.807, 2.05) is 30.5 Å². The van der Waals surface area contributed by atoms with Crippen LogP contribution in [-0.4, -0.2) is 13.1 Å². The summed E-state index contributed by atoms with van der Waals surface area (Å²) >= 11 is 0. The molecule has 18 heavy (non-hydrogen) atoms. The molecule has 0 fully saturated rings. The van der Waals surface area contributed by atoms with Gasteiger partial charge in [0, 0.05) is 32.2 Å². The predicted molar refractivity (Wildman–Crippen MR) is 70.5 cm³/mol. The summed E-state index contributed by atoms with van der Waals surface area (Å²) in [6.07, 6.45) is 1.86. The lowest BCUT2D eigenvalue weighted by molar-refractivity contribution is -0.730. The Morgan fingerprint density at radius 1 is 1.22 bits per heavy atom. The summed E-state index contributed by atoms with van der Waals surface area (Å²) < 4.78 is 6.91. The van der Waals surface area contributed by atoms with Crippen molar-refractivity contribution < 1.29 is 14.1 Å². The number of rotatable bonds is 1. The fraction of sp³-hybridized carbons (Fsp3) is 0.333. The maximum absolute atomic E-state index is 11.7. The van der Waals surface area contributed by atoms with Gasteiger partial charge in [-0.3, -0.25) is 0 Å². The van der Waals surface area contributed by atoms with Crippen LogP contribution >= 0.6 is 0 Å².